The molecule has 0 unspecified atom stereocenters. The number of fused-ring (bicyclic) bond motifs is 1. The largest absolute Gasteiger partial charge is 0.240 e. The predicted octanol–water partition coefficient (Wildman–Crippen LogP) is 3.93. The van der Waals surface area contributed by atoms with Crippen LogP contribution in [0.2, 0.25) is 0 Å². The third kappa shape index (κ3) is 1.96. The normalized spacial score (nSPS) is 10.9. The quantitative estimate of drug-likeness (QED) is 0.664. The van der Waals surface area contributed by atoms with Crippen LogP contribution in [-0.2, 0) is 0 Å². The molecule has 0 bridgehead atoms. The van der Waals surface area contributed by atoms with Crippen LogP contribution in [0.3, 0.4) is 0 Å². The highest BCUT2D eigenvalue weighted by Crippen LogP contribution is 2.20. The topological polar surface area (TPSA) is 17.8 Å². The second-order valence-corrected chi connectivity index (χ2v) is 4.67. The highest BCUT2D eigenvalue weighted by molar-refractivity contribution is 9.10. The van der Waals surface area contributed by atoms with Crippen molar-refractivity contribution in [1.82, 2.24) is 9.78 Å². The van der Waals surface area contributed by atoms with Gasteiger partial charge in [-0.05, 0) is 42.5 Å². The average Bonchev–Trinajstić information content (AvgIpc) is 2.72. The van der Waals surface area contributed by atoms with Crippen molar-refractivity contribution in [3.8, 4) is 5.69 Å². The van der Waals surface area contributed by atoms with Crippen LogP contribution >= 0.6 is 15.9 Å². The molecule has 1 heterocycles. The van der Waals surface area contributed by atoms with Gasteiger partial charge in [0.1, 0.15) is 5.82 Å². The van der Waals surface area contributed by atoms with Crippen molar-refractivity contribution in [3.63, 3.8) is 0 Å². The van der Waals surface area contributed by atoms with Gasteiger partial charge in [0, 0.05) is 16.1 Å². The fraction of sp³-hybridized carbons (Fsp3) is 0. The number of aromatic nitrogens is 2. The van der Waals surface area contributed by atoms with E-state index in [0.29, 0.717) is 0 Å². The molecule has 0 saturated carbocycles. The van der Waals surface area contributed by atoms with Crippen LogP contribution in [-0.4, -0.2) is 9.78 Å². The molecule has 0 aliphatic rings. The summed E-state index contributed by atoms with van der Waals surface area (Å²) in [5.41, 5.74) is 1.76. The van der Waals surface area contributed by atoms with Gasteiger partial charge in [-0.3, -0.25) is 0 Å². The summed E-state index contributed by atoms with van der Waals surface area (Å²) in [5, 5.41) is 5.47. The second kappa shape index (κ2) is 3.96. The molecule has 2 aromatic carbocycles. The minimum absolute atomic E-state index is 0.242. The molecule has 0 amide bonds. The van der Waals surface area contributed by atoms with Crippen molar-refractivity contribution in [2.45, 2.75) is 0 Å². The van der Waals surface area contributed by atoms with E-state index in [1.807, 2.05) is 24.4 Å². The van der Waals surface area contributed by atoms with Gasteiger partial charge >= 0.3 is 0 Å². The van der Waals surface area contributed by atoms with Crippen molar-refractivity contribution < 1.29 is 4.39 Å². The van der Waals surface area contributed by atoms with Crippen LogP contribution in [0.1, 0.15) is 0 Å². The molecule has 0 fully saturated rings. The van der Waals surface area contributed by atoms with E-state index < -0.39 is 0 Å². The Kier molecular flexibility index (Phi) is 2.44. The van der Waals surface area contributed by atoms with Gasteiger partial charge in [0.05, 0.1) is 11.2 Å². The molecule has 0 spiro atoms. The number of nitrogens with zero attached hydrogens (tertiary/aromatic N) is 2. The highest BCUT2D eigenvalue weighted by Gasteiger charge is 2.03. The van der Waals surface area contributed by atoms with Crippen molar-refractivity contribution in [3.05, 3.63) is 59.0 Å². The highest BCUT2D eigenvalue weighted by atomic mass is 79.9. The Labute approximate surface area is 106 Å². The van der Waals surface area contributed by atoms with Gasteiger partial charge in [0.2, 0.25) is 0 Å². The SMILES string of the molecule is Fc1ccc(-n2cc3cc(Br)ccc3n2)cc1. The molecule has 0 N–H and O–H groups in total. The monoisotopic (exact) mass is 290 g/mol. The van der Waals surface area contributed by atoms with E-state index in [0.717, 1.165) is 21.1 Å². The Morgan fingerprint density at radius 2 is 1.82 bits per heavy atom. The summed E-state index contributed by atoms with van der Waals surface area (Å²) in [7, 11) is 0. The molecule has 0 saturated heterocycles. The maximum atomic E-state index is 12.8. The van der Waals surface area contributed by atoms with Crippen molar-refractivity contribution in [2.75, 3.05) is 0 Å². The molecular formula is C13H8BrFN2. The van der Waals surface area contributed by atoms with Crippen LogP contribution in [0.25, 0.3) is 16.6 Å². The molecule has 0 aliphatic heterocycles. The second-order valence-electron chi connectivity index (χ2n) is 3.75. The summed E-state index contributed by atoms with van der Waals surface area (Å²) in [6.07, 6.45) is 1.92. The number of benzene rings is 2. The summed E-state index contributed by atoms with van der Waals surface area (Å²) in [6, 6.07) is 12.2. The Hall–Kier alpha value is -1.68. The average molecular weight is 291 g/mol. The van der Waals surface area contributed by atoms with Gasteiger partial charge in [0.25, 0.3) is 0 Å². The maximum absolute atomic E-state index is 12.8. The molecular weight excluding hydrogens is 283 g/mol. The summed E-state index contributed by atoms with van der Waals surface area (Å²) in [5.74, 6) is -0.242. The summed E-state index contributed by atoms with van der Waals surface area (Å²) >= 11 is 3.42. The summed E-state index contributed by atoms with van der Waals surface area (Å²) in [4.78, 5) is 0. The van der Waals surface area contributed by atoms with Gasteiger partial charge in [-0.2, -0.15) is 5.10 Å². The molecule has 0 aliphatic carbocycles. The van der Waals surface area contributed by atoms with Gasteiger partial charge in [-0.25, -0.2) is 9.07 Å². The lowest BCUT2D eigenvalue weighted by molar-refractivity contribution is 0.627. The first-order valence-corrected chi connectivity index (χ1v) is 5.92. The van der Waals surface area contributed by atoms with E-state index >= 15 is 0 Å². The van der Waals surface area contributed by atoms with Gasteiger partial charge in [-0.1, -0.05) is 15.9 Å². The zero-order chi connectivity index (χ0) is 11.8. The minimum atomic E-state index is -0.242. The van der Waals surface area contributed by atoms with Crippen molar-refractivity contribution in [1.29, 1.82) is 0 Å². The Balaban J connectivity index is 2.14. The molecule has 3 aromatic rings. The maximum Gasteiger partial charge on any atom is 0.123 e. The van der Waals surface area contributed by atoms with E-state index in [-0.39, 0.29) is 5.82 Å². The van der Waals surface area contributed by atoms with Crippen LogP contribution < -0.4 is 0 Å². The Morgan fingerprint density at radius 1 is 1.06 bits per heavy atom. The van der Waals surface area contributed by atoms with E-state index in [1.54, 1.807) is 16.8 Å². The molecule has 3 rings (SSSR count). The molecule has 17 heavy (non-hydrogen) atoms. The zero-order valence-electron chi connectivity index (χ0n) is 8.77. The molecule has 0 atom stereocenters. The first kappa shape index (κ1) is 10.5. The Morgan fingerprint density at radius 3 is 2.59 bits per heavy atom. The first-order valence-electron chi connectivity index (χ1n) is 5.13. The lowest BCUT2D eigenvalue weighted by atomic mass is 10.3. The van der Waals surface area contributed by atoms with Gasteiger partial charge in [0.15, 0.2) is 0 Å². The summed E-state index contributed by atoms with van der Waals surface area (Å²) < 4.78 is 15.6. The molecule has 84 valence electrons. The van der Waals surface area contributed by atoms with Gasteiger partial charge < -0.3 is 0 Å². The fourth-order valence-electron chi connectivity index (χ4n) is 1.72. The number of halogens is 2. The standard InChI is InChI=1S/C13H8BrFN2/c14-10-1-6-13-9(7-10)8-17(16-13)12-4-2-11(15)3-5-12/h1-8H. The molecule has 1 aromatic heterocycles. The molecule has 4 heteroatoms. The van der Waals surface area contributed by atoms with Crippen LogP contribution in [0.4, 0.5) is 4.39 Å². The number of rotatable bonds is 1. The predicted molar refractivity (Wildman–Crippen MR) is 68.7 cm³/mol. The lowest BCUT2D eigenvalue weighted by Crippen LogP contribution is -1.93. The third-order valence-electron chi connectivity index (χ3n) is 2.56. The molecule has 2 nitrogen and oxygen atoms in total. The van der Waals surface area contributed by atoms with E-state index in [1.165, 1.54) is 12.1 Å². The van der Waals surface area contributed by atoms with Crippen molar-refractivity contribution in [2.24, 2.45) is 0 Å². The lowest BCUT2D eigenvalue weighted by Gasteiger charge is -1.99. The zero-order valence-corrected chi connectivity index (χ0v) is 10.4. The number of hydrogen-bond donors (Lipinski definition) is 0. The van der Waals surface area contributed by atoms with E-state index in [9.17, 15) is 4.39 Å². The fourth-order valence-corrected chi connectivity index (χ4v) is 2.10. The smallest absolute Gasteiger partial charge is 0.123 e. The third-order valence-corrected chi connectivity index (χ3v) is 3.05. The van der Waals surface area contributed by atoms with E-state index in [2.05, 4.69) is 21.0 Å². The van der Waals surface area contributed by atoms with Crippen LogP contribution in [0.15, 0.2) is 53.1 Å². The first-order chi connectivity index (χ1) is 8.22. The minimum Gasteiger partial charge on any atom is -0.240 e. The molecule has 0 radical (unpaired) electrons. The van der Waals surface area contributed by atoms with Crippen LogP contribution in [0, 0.1) is 5.82 Å². The van der Waals surface area contributed by atoms with Crippen LogP contribution in [0.5, 0.6) is 0 Å². The van der Waals surface area contributed by atoms with Gasteiger partial charge in [-0.15, -0.1) is 0 Å². The van der Waals surface area contributed by atoms with Crippen molar-refractivity contribution >= 4 is 26.8 Å². The summed E-state index contributed by atoms with van der Waals surface area (Å²) in [6.45, 7) is 0. The number of hydrogen-bond acceptors (Lipinski definition) is 1. The Bertz CT molecular complexity index is 673. The van der Waals surface area contributed by atoms with E-state index in [4.69, 9.17) is 0 Å².